The maximum absolute atomic E-state index is 12.5. The van der Waals surface area contributed by atoms with E-state index in [0.717, 1.165) is 5.56 Å². The summed E-state index contributed by atoms with van der Waals surface area (Å²) in [5, 5.41) is 7.50. The van der Waals surface area contributed by atoms with E-state index in [9.17, 15) is 14.4 Å². The van der Waals surface area contributed by atoms with Gasteiger partial charge in [0.15, 0.2) is 0 Å². The van der Waals surface area contributed by atoms with Gasteiger partial charge < -0.3 is 10.6 Å². The number of hydrogen-bond acceptors (Lipinski definition) is 5. The maximum atomic E-state index is 12.5. The Bertz CT molecular complexity index is 1030. The van der Waals surface area contributed by atoms with E-state index < -0.39 is 18.0 Å². The van der Waals surface area contributed by atoms with Gasteiger partial charge in [0.05, 0.1) is 0 Å². The predicted molar refractivity (Wildman–Crippen MR) is 96.7 cm³/mol. The SMILES string of the molecule is O=C(CCC1NC(=O)NC1=O)Nc1c(-c2cccnc2)nc2ccccn12. The summed E-state index contributed by atoms with van der Waals surface area (Å²) >= 11 is 0. The Labute approximate surface area is 153 Å². The molecular weight excluding hydrogens is 348 g/mol. The number of imidazole rings is 1. The van der Waals surface area contributed by atoms with E-state index in [1.807, 2.05) is 30.5 Å². The van der Waals surface area contributed by atoms with E-state index in [1.54, 1.807) is 22.9 Å². The molecule has 0 spiro atoms. The van der Waals surface area contributed by atoms with Crippen molar-refractivity contribution in [3.63, 3.8) is 0 Å². The summed E-state index contributed by atoms with van der Waals surface area (Å²) in [6, 6.07) is 7.98. The lowest BCUT2D eigenvalue weighted by atomic mass is 10.1. The van der Waals surface area contributed by atoms with Crippen LogP contribution in [0.1, 0.15) is 12.8 Å². The van der Waals surface area contributed by atoms with Crippen molar-refractivity contribution < 1.29 is 14.4 Å². The first-order valence-electron chi connectivity index (χ1n) is 8.40. The van der Waals surface area contributed by atoms with E-state index in [1.165, 1.54) is 0 Å². The van der Waals surface area contributed by atoms with Crippen LogP contribution in [-0.4, -0.2) is 38.3 Å². The molecule has 1 aliphatic heterocycles. The zero-order valence-electron chi connectivity index (χ0n) is 14.2. The number of aromatic nitrogens is 3. The Kier molecular flexibility index (Phi) is 4.25. The van der Waals surface area contributed by atoms with Crippen LogP contribution in [0.5, 0.6) is 0 Å². The highest BCUT2D eigenvalue weighted by atomic mass is 16.2. The van der Waals surface area contributed by atoms with Crippen molar-refractivity contribution in [1.29, 1.82) is 0 Å². The van der Waals surface area contributed by atoms with E-state index in [4.69, 9.17) is 0 Å². The Morgan fingerprint density at radius 2 is 2.11 bits per heavy atom. The van der Waals surface area contributed by atoms with Gasteiger partial charge in [0.2, 0.25) is 5.91 Å². The van der Waals surface area contributed by atoms with Crippen molar-refractivity contribution in [2.75, 3.05) is 5.32 Å². The normalized spacial score (nSPS) is 16.2. The minimum atomic E-state index is -0.691. The van der Waals surface area contributed by atoms with Crippen LogP contribution in [-0.2, 0) is 9.59 Å². The fourth-order valence-corrected chi connectivity index (χ4v) is 2.95. The number of nitrogens with zero attached hydrogens (tertiary/aromatic N) is 3. The van der Waals surface area contributed by atoms with Gasteiger partial charge in [-0.3, -0.25) is 24.3 Å². The van der Waals surface area contributed by atoms with Crippen molar-refractivity contribution in [2.45, 2.75) is 18.9 Å². The molecule has 1 fully saturated rings. The Morgan fingerprint density at radius 3 is 2.85 bits per heavy atom. The third-order valence-corrected chi connectivity index (χ3v) is 4.24. The molecule has 27 heavy (non-hydrogen) atoms. The summed E-state index contributed by atoms with van der Waals surface area (Å²) in [4.78, 5) is 43.9. The number of fused-ring (bicyclic) bond motifs is 1. The summed E-state index contributed by atoms with van der Waals surface area (Å²) in [5.74, 6) is -0.165. The van der Waals surface area contributed by atoms with Crippen LogP contribution in [0.15, 0.2) is 48.9 Å². The van der Waals surface area contributed by atoms with Gasteiger partial charge >= 0.3 is 6.03 Å². The molecule has 4 rings (SSSR count). The van der Waals surface area contributed by atoms with Crippen molar-refractivity contribution in [3.05, 3.63) is 48.9 Å². The molecule has 136 valence electrons. The zero-order chi connectivity index (χ0) is 18.8. The summed E-state index contributed by atoms with van der Waals surface area (Å²) in [6.45, 7) is 0. The second-order valence-electron chi connectivity index (χ2n) is 6.08. The molecule has 4 heterocycles. The molecule has 0 bridgehead atoms. The Balaban J connectivity index is 1.56. The number of urea groups is 1. The fourth-order valence-electron chi connectivity index (χ4n) is 2.95. The molecular formula is C18H16N6O3. The second kappa shape index (κ2) is 6.87. The first-order chi connectivity index (χ1) is 13.1. The number of rotatable bonds is 5. The highest BCUT2D eigenvalue weighted by Gasteiger charge is 2.29. The number of pyridine rings is 2. The first kappa shape index (κ1) is 16.7. The molecule has 0 saturated carbocycles. The third-order valence-electron chi connectivity index (χ3n) is 4.24. The van der Waals surface area contributed by atoms with Crippen LogP contribution in [0.2, 0.25) is 0 Å². The van der Waals surface area contributed by atoms with Gasteiger partial charge in [-0.15, -0.1) is 0 Å². The number of amides is 4. The van der Waals surface area contributed by atoms with Crippen LogP contribution >= 0.6 is 0 Å². The quantitative estimate of drug-likeness (QED) is 0.590. The van der Waals surface area contributed by atoms with Gasteiger partial charge in [-0.1, -0.05) is 6.07 Å². The molecule has 3 aromatic rings. The van der Waals surface area contributed by atoms with Crippen LogP contribution in [0.4, 0.5) is 10.6 Å². The summed E-state index contributed by atoms with van der Waals surface area (Å²) in [5.41, 5.74) is 2.07. The summed E-state index contributed by atoms with van der Waals surface area (Å²) in [7, 11) is 0. The minimum Gasteiger partial charge on any atom is -0.326 e. The molecule has 9 heteroatoms. The molecule has 0 radical (unpaired) electrons. The number of carbonyl (C=O) groups excluding carboxylic acids is 3. The van der Waals surface area contributed by atoms with Crippen LogP contribution in [0.25, 0.3) is 16.9 Å². The third kappa shape index (κ3) is 3.34. The van der Waals surface area contributed by atoms with Crippen molar-refractivity contribution >= 4 is 29.3 Å². The van der Waals surface area contributed by atoms with E-state index in [-0.39, 0.29) is 18.7 Å². The highest BCUT2D eigenvalue weighted by Crippen LogP contribution is 2.28. The molecule has 4 amide bonds. The van der Waals surface area contributed by atoms with Crippen LogP contribution in [0, 0.1) is 0 Å². The second-order valence-corrected chi connectivity index (χ2v) is 6.08. The van der Waals surface area contributed by atoms with Crippen molar-refractivity contribution in [2.24, 2.45) is 0 Å². The van der Waals surface area contributed by atoms with Crippen LogP contribution < -0.4 is 16.0 Å². The highest BCUT2D eigenvalue weighted by molar-refractivity contribution is 6.04. The number of imide groups is 1. The van der Waals surface area contributed by atoms with E-state index in [2.05, 4.69) is 25.9 Å². The molecule has 1 aliphatic rings. The minimum absolute atomic E-state index is 0.0743. The van der Waals surface area contributed by atoms with Gasteiger partial charge in [0, 0.05) is 30.6 Å². The Morgan fingerprint density at radius 1 is 1.22 bits per heavy atom. The standard InChI is InChI=1S/C18H16N6O3/c25-14(7-6-12-17(26)23-18(27)20-12)22-16-15(11-4-3-8-19-10-11)21-13-5-1-2-9-24(13)16/h1-5,8-10,12H,6-7H2,(H,22,25)(H2,20,23,26,27). The lowest BCUT2D eigenvalue weighted by molar-refractivity contribution is -0.120. The van der Waals surface area contributed by atoms with Gasteiger partial charge in [-0.25, -0.2) is 9.78 Å². The predicted octanol–water partition coefficient (Wildman–Crippen LogP) is 1.32. The average Bonchev–Trinajstić information content (AvgIpc) is 3.20. The van der Waals surface area contributed by atoms with Gasteiger partial charge in [0.25, 0.3) is 5.91 Å². The van der Waals surface area contributed by atoms with E-state index in [0.29, 0.717) is 17.2 Å². The maximum Gasteiger partial charge on any atom is 0.322 e. The average molecular weight is 364 g/mol. The lowest BCUT2D eigenvalue weighted by Gasteiger charge is -2.09. The molecule has 9 nitrogen and oxygen atoms in total. The van der Waals surface area contributed by atoms with E-state index >= 15 is 0 Å². The zero-order valence-corrected chi connectivity index (χ0v) is 14.2. The van der Waals surface area contributed by atoms with Gasteiger partial charge in [0.1, 0.15) is 23.2 Å². The van der Waals surface area contributed by atoms with Crippen LogP contribution in [0.3, 0.4) is 0 Å². The molecule has 1 unspecified atom stereocenters. The van der Waals surface area contributed by atoms with Gasteiger partial charge in [-0.2, -0.15) is 0 Å². The number of hydrogen-bond donors (Lipinski definition) is 3. The lowest BCUT2D eigenvalue weighted by Crippen LogP contribution is -2.30. The number of nitrogens with one attached hydrogen (secondary N) is 3. The molecule has 0 aliphatic carbocycles. The first-order valence-corrected chi connectivity index (χ1v) is 8.40. The molecule has 0 aromatic carbocycles. The fraction of sp³-hybridized carbons (Fsp3) is 0.167. The summed E-state index contributed by atoms with van der Waals surface area (Å²) in [6.07, 6.45) is 5.43. The smallest absolute Gasteiger partial charge is 0.322 e. The molecule has 1 atom stereocenters. The molecule has 3 N–H and O–H groups in total. The Hall–Kier alpha value is -3.75. The summed E-state index contributed by atoms with van der Waals surface area (Å²) < 4.78 is 1.78. The van der Waals surface area contributed by atoms with Crippen molar-refractivity contribution in [3.8, 4) is 11.3 Å². The molecule has 1 saturated heterocycles. The monoisotopic (exact) mass is 364 g/mol. The van der Waals surface area contributed by atoms with Crippen molar-refractivity contribution in [1.82, 2.24) is 25.0 Å². The number of carbonyl (C=O) groups is 3. The number of anilines is 1. The molecule has 3 aromatic heterocycles. The topological polar surface area (TPSA) is 117 Å². The largest absolute Gasteiger partial charge is 0.326 e. The van der Waals surface area contributed by atoms with Gasteiger partial charge in [-0.05, 0) is 30.7 Å².